The molecular weight excluding hydrogens is 331 g/mol. The SMILES string of the molecule is CC(C)(C)OC(=O)C1CCCCN1c1cncc(-c2ccc(F)cc2)c1. The number of rotatable bonds is 3. The highest BCUT2D eigenvalue weighted by molar-refractivity contribution is 5.81. The number of nitrogens with zero attached hydrogens (tertiary/aromatic N) is 2. The standard InChI is InChI=1S/C21H25FN2O2/c1-21(2,3)26-20(25)19-6-4-5-11-24(19)18-12-16(13-23-14-18)15-7-9-17(22)10-8-15/h7-10,12-14,19H,4-6,11H2,1-3H3. The smallest absolute Gasteiger partial charge is 0.329 e. The van der Waals surface area contributed by atoms with Crippen molar-refractivity contribution in [2.75, 3.05) is 11.4 Å². The van der Waals surface area contributed by atoms with Crippen molar-refractivity contribution in [3.63, 3.8) is 0 Å². The summed E-state index contributed by atoms with van der Waals surface area (Å²) in [6.07, 6.45) is 6.33. The zero-order valence-electron chi connectivity index (χ0n) is 15.5. The maximum Gasteiger partial charge on any atom is 0.329 e. The summed E-state index contributed by atoms with van der Waals surface area (Å²) in [5.74, 6) is -0.455. The molecule has 26 heavy (non-hydrogen) atoms. The number of anilines is 1. The molecule has 1 saturated heterocycles. The largest absolute Gasteiger partial charge is 0.458 e. The normalized spacial score (nSPS) is 17.8. The maximum atomic E-state index is 13.2. The van der Waals surface area contributed by atoms with Crippen LogP contribution in [0, 0.1) is 5.82 Å². The van der Waals surface area contributed by atoms with Gasteiger partial charge in [-0.05, 0) is 63.8 Å². The number of carbonyl (C=O) groups is 1. The van der Waals surface area contributed by atoms with Crippen LogP contribution in [0.5, 0.6) is 0 Å². The fraction of sp³-hybridized carbons (Fsp3) is 0.429. The van der Waals surface area contributed by atoms with Crippen molar-refractivity contribution >= 4 is 11.7 Å². The minimum atomic E-state index is -0.506. The Kier molecular flexibility index (Phi) is 5.25. The molecule has 1 aromatic carbocycles. The van der Waals surface area contributed by atoms with Crippen LogP contribution in [0.15, 0.2) is 42.7 Å². The molecule has 0 N–H and O–H groups in total. The molecule has 0 bridgehead atoms. The number of piperidine rings is 1. The van der Waals surface area contributed by atoms with E-state index in [4.69, 9.17) is 4.74 Å². The van der Waals surface area contributed by atoms with Gasteiger partial charge in [0.2, 0.25) is 0 Å². The lowest BCUT2D eigenvalue weighted by Gasteiger charge is -2.37. The quantitative estimate of drug-likeness (QED) is 0.755. The van der Waals surface area contributed by atoms with E-state index in [0.717, 1.165) is 42.6 Å². The number of aromatic nitrogens is 1. The van der Waals surface area contributed by atoms with Gasteiger partial charge >= 0.3 is 5.97 Å². The molecule has 0 radical (unpaired) electrons. The molecule has 0 aliphatic carbocycles. The lowest BCUT2D eigenvalue weighted by atomic mass is 10.00. The van der Waals surface area contributed by atoms with Crippen LogP contribution in [0.4, 0.5) is 10.1 Å². The highest BCUT2D eigenvalue weighted by atomic mass is 19.1. The average molecular weight is 356 g/mol. The van der Waals surface area contributed by atoms with Crippen LogP contribution >= 0.6 is 0 Å². The fourth-order valence-electron chi connectivity index (χ4n) is 3.24. The van der Waals surface area contributed by atoms with Crippen molar-refractivity contribution in [2.45, 2.75) is 51.7 Å². The van der Waals surface area contributed by atoms with Crippen LogP contribution in [-0.2, 0) is 9.53 Å². The maximum absolute atomic E-state index is 13.2. The van der Waals surface area contributed by atoms with Gasteiger partial charge in [0.1, 0.15) is 17.5 Å². The predicted octanol–water partition coefficient (Wildman–Crippen LogP) is 4.59. The number of pyridine rings is 1. The number of halogens is 1. The van der Waals surface area contributed by atoms with Crippen LogP contribution in [0.3, 0.4) is 0 Å². The first-order valence-electron chi connectivity index (χ1n) is 9.04. The van der Waals surface area contributed by atoms with E-state index in [9.17, 15) is 9.18 Å². The molecule has 138 valence electrons. The molecule has 1 aliphatic rings. The van der Waals surface area contributed by atoms with Crippen LogP contribution in [-0.4, -0.2) is 29.1 Å². The van der Waals surface area contributed by atoms with Crippen LogP contribution < -0.4 is 4.90 Å². The summed E-state index contributed by atoms with van der Waals surface area (Å²) in [6, 6.07) is 8.05. The minimum absolute atomic E-state index is 0.190. The topological polar surface area (TPSA) is 42.4 Å². The molecule has 1 unspecified atom stereocenters. The van der Waals surface area contributed by atoms with E-state index in [1.807, 2.05) is 26.8 Å². The Hall–Kier alpha value is -2.43. The van der Waals surface area contributed by atoms with Crippen molar-refractivity contribution in [2.24, 2.45) is 0 Å². The summed E-state index contributed by atoms with van der Waals surface area (Å²) in [7, 11) is 0. The van der Waals surface area contributed by atoms with Gasteiger partial charge < -0.3 is 9.64 Å². The second-order valence-corrected chi connectivity index (χ2v) is 7.68. The van der Waals surface area contributed by atoms with Crippen molar-refractivity contribution in [3.05, 3.63) is 48.5 Å². The Morgan fingerprint density at radius 3 is 2.58 bits per heavy atom. The van der Waals surface area contributed by atoms with Gasteiger partial charge in [-0.3, -0.25) is 4.98 Å². The van der Waals surface area contributed by atoms with E-state index in [-0.39, 0.29) is 17.8 Å². The molecule has 1 aromatic heterocycles. The van der Waals surface area contributed by atoms with Gasteiger partial charge in [0.25, 0.3) is 0 Å². The van der Waals surface area contributed by atoms with E-state index in [1.165, 1.54) is 12.1 Å². The molecule has 3 rings (SSSR count). The van der Waals surface area contributed by atoms with Crippen LogP contribution in [0.1, 0.15) is 40.0 Å². The molecule has 0 amide bonds. The number of hydrogen-bond donors (Lipinski definition) is 0. The first-order valence-corrected chi connectivity index (χ1v) is 9.04. The summed E-state index contributed by atoms with van der Waals surface area (Å²) in [6.45, 7) is 6.44. The summed E-state index contributed by atoms with van der Waals surface area (Å²) in [4.78, 5) is 19.1. The molecule has 5 heteroatoms. The first-order chi connectivity index (χ1) is 12.3. The predicted molar refractivity (Wildman–Crippen MR) is 100 cm³/mol. The lowest BCUT2D eigenvalue weighted by Crippen LogP contribution is -2.47. The Morgan fingerprint density at radius 1 is 1.15 bits per heavy atom. The van der Waals surface area contributed by atoms with Gasteiger partial charge in [0, 0.05) is 18.3 Å². The summed E-state index contributed by atoms with van der Waals surface area (Å²) in [5.41, 5.74) is 2.18. The molecule has 4 nitrogen and oxygen atoms in total. The van der Waals surface area contributed by atoms with E-state index in [2.05, 4.69) is 9.88 Å². The molecule has 2 aromatic rings. The average Bonchev–Trinajstić information content (AvgIpc) is 2.61. The van der Waals surface area contributed by atoms with Crippen LogP contribution in [0.2, 0.25) is 0 Å². The molecule has 1 fully saturated rings. The monoisotopic (exact) mass is 356 g/mol. The molecule has 0 saturated carbocycles. The van der Waals surface area contributed by atoms with Crippen molar-refractivity contribution in [1.82, 2.24) is 4.98 Å². The van der Waals surface area contributed by atoms with Gasteiger partial charge in [-0.1, -0.05) is 12.1 Å². The van der Waals surface area contributed by atoms with E-state index in [0.29, 0.717) is 0 Å². The van der Waals surface area contributed by atoms with Crippen molar-refractivity contribution in [3.8, 4) is 11.1 Å². The highest BCUT2D eigenvalue weighted by Gasteiger charge is 2.32. The molecular formula is C21H25FN2O2. The van der Waals surface area contributed by atoms with Gasteiger partial charge in [-0.25, -0.2) is 9.18 Å². The van der Waals surface area contributed by atoms with E-state index < -0.39 is 5.60 Å². The first kappa shape index (κ1) is 18.4. The van der Waals surface area contributed by atoms with Gasteiger partial charge in [-0.2, -0.15) is 0 Å². The van der Waals surface area contributed by atoms with Crippen LogP contribution in [0.25, 0.3) is 11.1 Å². The molecule has 1 aliphatic heterocycles. The Bertz CT molecular complexity index is 768. The fourth-order valence-corrected chi connectivity index (χ4v) is 3.24. The van der Waals surface area contributed by atoms with Gasteiger partial charge in [0.15, 0.2) is 0 Å². The number of ether oxygens (including phenoxy) is 1. The van der Waals surface area contributed by atoms with Gasteiger partial charge in [0.05, 0.1) is 11.9 Å². The third-order valence-corrected chi connectivity index (χ3v) is 4.41. The van der Waals surface area contributed by atoms with E-state index >= 15 is 0 Å². The zero-order chi connectivity index (χ0) is 18.7. The lowest BCUT2D eigenvalue weighted by molar-refractivity contribution is -0.157. The second kappa shape index (κ2) is 7.44. The molecule has 1 atom stereocenters. The highest BCUT2D eigenvalue weighted by Crippen LogP contribution is 2.29. The molecule has 0 spiro atoms. The van der Waals surface area contributed by atoms with E-state index in [1.54, 1.807) is 24.5 Å². The summed E-state index contributed by atoms with van der Waals surface area (Å²) in [5, 5.41) is 0. The Morgan fingerprint density at radius 2 is 1.88 bits per heavy atom. The van der Waals surface area contributed by atoms with Crippen molar-refractivity contribution < 1.29 is 13.9 Å². The minimum Gasteiger partial charge on any atom is -0.458 e. The Balaban J connectivity index is 1.87. The summed E-state index contributed by atoms with van der Waals surface area (Å²) < 4.78 is 18.8. The third kappa shape index (κ3) is 4.40. The Labute approximate surface area is 154 Å². The zero-order valence-corrected chi connectivity index (χ0v) is 15.5. The number of esters is 1. The van der Waals surface area contributed by atoms with Crippen molar-refractivity contribution in [1.29, 1.82) is 0 Å². The number of benzene rings is 1. The molecule has 2 heterocycles. The number of hydrogen-bond acceptors (Lipinski definition) is 4. The van der Waals surface area contributed by atoms with Gasteiger partial charge in [-0.15, -0.1) is 0 Å². The number of carbonyl (C=O) groups excluding carboxylic acids is 1. The third-order valence-electron chi connectivity index (χ3n) is 4.41. The summed E-state index contributed by atoms with van der Waals surface area (Å²) >= 11 is 0. The second-order valence-electron chi connectivity index (χ2n) is 7.68.